The molecule has 21 heavy (non-hydrogen) atoms. The van der Waals surface area contributed by atoms with Gasteiger partial charge in [-0.2, -0.15) is 0 Å². The molecule has 0 aliphatic heterocycles. The molecule has 0 unspecified atom stereocenters. The third-order valence-corrected chi connectivity index (χ3v) is 4.12. The number of rotatable bonds is 7. The maximum atomic E-state index is 12.5. The highest BCUT2D eigenvalue weighted by atomic mass is 16.4. The first-order valence-electron chi connectivity index (χ1n) is 7.37. The zero-order chi connectivity index (χ0) is 15.5. The highest BCUT2D eigenvalue weighted by Crippen LogP contribution is 2.29. The molecule has 6 nitrogen and oxygen atoms in total. The van der Waals surface area contributed by atoms with E-state index in [1.807, 2.05) is 6.07 Å². The molecule has 1 aromatic rings. The van der Waals surface area contributed by atoms with Gasteiger partial charge in [-0.3, -0.25) is 0 Å². The second-order valence-electron chi connectivity index (χ2n) is 5.46. The molecular formula is C15H22N2O4. The van der Waals surface area contributed by atoms with E-state index in [-0.39, 0.29) is 12.1 Å². The Morgan fingerprint density at radius 2 is 2.10 bits per heavy atom. The van der Waals surface area contributed by atoms with Crippen molar-refractivity contribution < 1.29 is 19.1 Å². The molecule has 2 amide bonds. The molecule has 0 bridgehead atoms. The van der Waals surface area contributed by atoms with Gasteiger partial charge in [0.1, 0.15) is 11.3 Å². The van der Waals surface area contributed by atoms with E-state index in [9.17, 15) is 14.7 Å². The van der Waals surface area contributed by atoms with Gasteiger partial charge < -0.3 is 19.7 Å². The van der Waals surface area contributed by atoms with Crippen molar-refractivity contribution in [2.75, 3.05) is 0 Å². The van der Waals surface area contributed by atoms with E-state index in [0.29, 0.717) is 25.1 Å². The molecule has 0 aromatic carbocycles. The largest absolute Gasteiger partial charge is 0.480 e. The van der Waals surface area contributed by atoms with E-state index in [0.717, 1.165) is 12.8 Å². The summed E-state index contributed by atoms with van der Waals surface area (Å²) in [5.74, 6) is -0.291. The normalized spacial score (nSPS) is 14.8. The maximum absolute atomic E-state index is 12.5. The van der Waals surface area contributed by atoms with Crippen LogP contribution in [0.15, 0.2) is 22.8 Å². The van der Waals surface area contributed by atoms with Gasteiger partial charge in [-0.15, -0.1) is 0 Å². The van der Waals surface area contributed by atoms with Crippen LogP contribution in [0.5, 0.6) is 0 Å². The molecule has 1 aliphatic carbocycles. The first-order chi connectivity index (χ1) is 10.0. The Labute approximate surface area is 124 Å². The maximum Gasteiger partial charge on any atom is 0.329 e. The molecule has 2 rings (SSSR count). The van der Waals surface area contributed by atoms with Crippen LogP contribution in [0.2, 0.25) is 0 Å². The molecule has 2 N–H and O–H groups in total. The van der Waals surface area contributed by atoms with Gasteiger partial charge in [0.2, 0.25) is 0 Å². The van der Waals surface area contributed by atoms with Crippen LogP contribution in [-0.2, 0) is 11.3 Å². The number of carbonyl (C=O) groups is 2. The van der Waals surface area contributed by atoms with E-state index in [4.69, 9.17) is 4.42 Å². The minimum atomic E-state index is -1.20. The minimum Gasteiger partial charge on any atom is -0.480 e. The topological polar surface area (TPSA) is 82.8 Å². The summed E-state index contributed by atoms with van der Waals surface area (Å²) in [6, 6.07) is 3.43. The molecule has 1 aliphatic rings. The Morgan fingerprint density at radius 3 is 2.52 bits per heavy atom. The first kappa shape index (κ1) is 15.4. The van der Waals surface area contributed by atoms with Crippen molar-refractivity contribution in [3.05, 3.63) is 24.2 Å². The molecule has 6 heteroatoms. The number of furan rings is 1. The average Bonchev–Trinajstić information content (AvgIpc) is 3.18. The Bertz CT molecular complexity index is 490. The second-order valence-corrected chi connectivity index (χ2v) is 5.46. The van der Waals surface area contributed by atoms with Gasteiger partial charge in [0.05, 0.1) is 12.8 Å². The monoisotopic (exact) mass is 294 g/mol. The van der Waals surface area contributed by atoms with Crippen LogP contribution >= 0.6 is 0 Å². The summed E-state index contributed by atoms with van der Waals surface area (Å²) in [5.41, 5.74) is -1.20. The third kappa shape index (κ3) is 3.37. The third-order valence-electron chi connectivity index (χ3n) is 4.12. The van der Waals surface area contributed by atoms with Gasteiger partial charge >= 0.3 is 12.0 Å². The van der Waals surface area contributed by atoms with E-state index in [1.54, 1.807) is 31.1 Å². The lowest BCUT2D eigenvalue weighted by molar-refractivity contribution is -0.144. The van der Waals surface area contributed by atoms with Crippen molar-refractivity contribution >= 4 is 12.0 Å². The van der Waals surface area contributed by atoms with E-state index in [2.05, 4.69) is 5.32 Å². The first-order valence-corrected chi connectivity index (χ1v) is 7.37. The highest BCUT2D eigenvalue weighted by Gasteiger charge is 2.40. The fourth-order valence-electron chi connectivity index (χ4n) is 2.38. The lowest BCUT2D eigenvalue weighted by Gasteiger charge is -2.32. The second kappa shape index (κ2) is 6.20. The number of carbonyl (C=O) groups excluding carboxylic acids is 1. The summed E-state index contributed by atoms with van der Waals surface area (Å²) >= 11 is 0. The van der Waals surface area contributed by atoms with Crippen molar-refractivity contribution in [3.8, 4) is 0 Å². The molecule has 1 fully saturated rings. The van der Waals surface area contributed by atoms with Gasteiger partial charge in [-0.25, -0.2) is 9.59 Å². The van der Waals surface area contributed by atoms with Gasteiger partial charge in [0.15, 0.2) is 0 Å². The number of hydrogen-bond donors (Lipinski definition) is 2. The fraction of sp³-hybridized carbons (Fsp3) is 0.600. The van der Waals surface area contributed by atoms with Crippen LogP contribution in [0.1, 0.15) is 45.3 Å². The van der Waals surface area contributed by atoms with Crippen LogP contribution in [0.25, 0.3) is 0 Å². The predicted molar refractivity (Wildman–Crippen MR) is 76.8 cm³/mol. The number of nitrogens with one attached hydrogen (secondary N) is 1. The van der Waals surface area contributed by atoms with Gasteiger partial charge in [-0.05, 0) is 37.8 Å². The average molecular weight is 294 g/mol. The summed E-state index contributed by atoms with van der Waals surface area (Å²) in [7, 11) is 0. The van der Waals surface area contributed by atoms with Crippen LogP contribution in [0.4, 0.5) is 4.79 Å². The van der Waals surface area contributed by atoms with Crippen LogP contribution in [0, 0.1) is 0 Å². The molecule has 0 saturated heterocycles. The van der Waals surface area contributed by atoms with E-state index < -0.39 is 11.5 Å². The number of nitrogens with zero attached hydrogens (tertiary/aromatic N) is 1. The molecule has 116 valence electrons. The minimum absolute atomic E-state index is 0.176. The van der Waals surface area contributed by atoms with Gasteiger partial charge in [0.25, 0.3) is 0 Å². The van der Waals surface area contributed by atoms with Crippen molar-refractivity contribution in [2.24, 2.45) is 0 Å². The summed E-state index contributed by atoms with van der Waals surface area (Å²) in [4.78, 5) is 25.7. The molecule has 0 spiro atoms. The molecule has 0 radical (unpaired) electrons. The quantitative estimate of drug-likeness (QED) is 0.809. The zero-order valence-corrected chi connectivity index (χ0v) is 12.5. The van der Waals surface area contributed by atoms with Crippen LogP contribution in [-0.4, -0.2) is 33.6 Å². The van der Waals surface area contributed by atoms with Gasteiger partial charge in [-0.1, -0.05) is 13.8 Å². The van der Waals surface area contributed by atoms with E-state index in [1.165, 1.54) is 0 Å². The van der Waals surface area contributed by atoms with Crippen LogP contribution < -0.4 is 5.32 Å². The van der Waals surface area contributed by atoms with Gasteiger partial charge in [0, 0.05) is 6.04 Å². The molecule has 1 aromatic heterocycles. The Balaban J connectivity index is 2.09. The molecule has 1 saturated carbocycles. The van der Waals surface area contributed by atoms with Crippen molar-refractivity contribution in [2.45, 2.75) is 57.7 Å². The molecular weight excluding hydrogens is 272 g/mol. The number of aliphatic carboxylic acids is 1. The highest BCUT2D eigenvalue weighted by molar-refractivity contribution is 5.86. The van der Waals surface area contributed by atoms with Crippen LogP contribution in [0.3, 0.4) is 0 Å². The number of carboxylic acids is 1. The summed E-state index contributed by atoms with van der Waals surface area (Å²) in [6.07, 6.45) is 4.17. The fourth-order valence-corrected chi connectivity index (χ4v) is 2.38. The smallest absolute Gasteiger partial charge is 0.329 e. The summed E-state index contributed by atoms with van der Waals surface area (Å²) in [5, 5.41) is 12.1. The van der Waals surface area contributed by atoms with Crippen molar-refractivity contribution in [1.82, 2.24) is 10.2 Å². The Kier molecular flexibility index (Phi) is 4.55. The number of hydrogen-bond acceptors (Lipinski definition) is 3. The lowest BCUT2D eigenvalue weighted by Crippen LogP contribution is -2.57. The molecule has 0 atom stereocenters. The van der Waals surface area contributed by atoms with Crippen molar-refractivity contribution in [3.63, 3.8) is 0 Å². The lowest BCUT2D eigenvalue weighted by atomic mass is 9.93. The predicted octanol–water partition coefficient (Wildman–Crippen LogP) is 2.60. The van der Waals surface area contributed by atoms with Crippen molar-refractivity contribution in [1.29, 1.82) is 0 Å². The number of amides is 2. The number of urea groups is 1. The summed E-state index contributed by atoms with van der Waals surface area (Å²) in [6.45, 7) is 3.91. The standard InChI is InChI=1S/C15H22N2O4/c1-3-15(4-2,13(18)19)16-14(20)17(11-7-8-11)10-12-6-5-9-21-12/h5-6,9,11H,3-4,7-8,10H2,1-2H3,(H,16,20)(H,18,19). The van der Waals surface area contributed by atoms with E-state index >= 15 is 0 Å². The number of carboxylic acid groups (broad SMARTS) is 1. The summed E-state index contributed by atoms with van der Waals surface area (Å²) < 4.78 is 5.28. The molecule has 1 heterocycles. The Hall–Kier alpha value is -1.98. The SMILES string of the molecule is CCC(CC)(NC(=O)N(Cc1ccco1)C1CC1)C(=O)O. The zero-order valence-electron chi connectivity index (χ0n) is 12.5. The Morgan fingerprint density at radius 1 is 1.43 bits per heavy atom.